The van der Waals surface area contributed by atoms with Crippen LogP contribution in [-0.2, 0) is 16.3 Å². The number of aryl methyl sites for hydroxylation is 1. The van der Waals surface area contributed by atoms with Crippen LogP contribution in [0.4, 0.5) is 10.5 Å². The Kier molecular flexibility index (Phi) is 6.30. The number of nitrogens with two attached hydrogens (primary N) is 1. The summed E-state index contributed by atoms with van der Waals surface area (Å²) in [4.78, 5) is 25.9. The van der Waals surface area contributed by atoms with Crippen LogP contribution in [0.1, 0.15) is 22.3 Å². The highest BCUT2D eigenvalue weighted by Crippen LogP contribution is 2.29. The first-order valence-electron chi connectivity index (χ1n) is 9.46. The van der Waals surface area contributed by atoms with E-state index in [9.17, 15) is 13.8 Å². The van der Waals surface area contributed by atoms with Crippen molar-refractivity contribution in [3.05, 3.63) is 69.1 Å². The molecule has 1 heterocycles. The number of amides is 1. The van der Waals surface area contributed by atoms with Gasteiger partial charge < -0.3 is 18.8 Å². The number of carbonyl (C=O) groups is 1. The first kappa shape index (κ1) is 22.9. The second kappa shape index (κ2) is 8.78. The minimum Gasteiger partial charge on any atom is -0.422 e. The Morgan fingerprint density at radius 1 is 1.34 bits per heavy atom. The van der Waals surface area contributed by atoms with Crippen molar-refractivity contribution >= 4 is 38.5 Å². The van der Waals surface area contributed by atoms with Crippen molar-refractivity contribution in [2.75, 3.05) is 18.8 Å². The number of hydrogen-bond donors (Lipinski definition) is 2. The highest BCUT2D eigenvalue weighted by atomic mass is 32.2. The van der Waals surface area contributed by atoms with Gasteiger partial charge in [-0.2, -0.15) is 0 Å². The molecule has 3 rings (SSSR count). The van der Waals surface area contributed by atoms with Gasteiger partial charge in [0.2, 0.25) is 0 Å². The molecule has 0 saturated heterocycles. The standard InChI is InChI=1S/C23H23N3O5S/c1-6-16-12-18-14(2)19(11-15-8-7-9-17(10-15)25-32(5,24)29)22(27)30-21(18)13-20(16)31-23(28)26(3)4/h1,7-10,12-13H,5,11H2,2-4H3,(H3,24,25,29). The normalized spacial score (nSPS) is 12.6. The molecule has 1 aromatic heterocycles. The molecule has 1 atom stereocenters. The van der Waals surface area contributed by atoms with Crippen molar-refractivity contribution in [3.63, 3.8) is 0 Å². The fraction of sp³-hybridized carbons (Fsp3) is 0.174. The predicted octanol–water partition coefficient (Wildman–Crippen LogP) is 2.65. The zero-order valence-electron chi connectivity index (χ0n) is 17.9. The van der Waals surface area contributed by atoms with Gasteiger partial charge in [0.25, 0.3) is 0 Å². The van der Waals surface area contributed by atoms with Crippen molar-refractivity contribution in [2.24, 2.45) is 5.14 Å². The smallest absolute Gasteiger partial charge is 0.414 e. The van der Waals surface area contributed by atoms with Gasteiger partial charge >= 0.3 is 11.7 Å². The molecule has 9 heteroatoms. The summed E-state index contributed by atoms with van der Waals surface area (Å²) < 4.78 is 25.2. The van der Waals surface area contributed by atoms with Gasteiger partial charge in [-0.25, -0.2) is 18.9 Å². The molecule has 0 spiro atoms. The van der Waals surface area contributed by atoms with Crippen molar-refractivity contribution < 1.29 is 18.2 Å². The summed E-state index contributed by atoms with van der Waals surface area (Å²) in [6, 6.07) is 10.1. The van der Waals surface area contributed by atoms with Gasteiger partial charge in [-0.1, -0.05) is 18.1 Å². The van der Waals surface area contributed by atoms with Crippen LogP contribution in [0.5, 0.6) is 5.75 Å². The van der Waals surface area contributed by atoms with Crippen molar-refractivity contribution in [1.82, 2.24) is 4.90 Å². The Bertz CT molecular complexity index is 1420. The molecule has 8 nitrogen and oxygen atoms in total. The Morgan fingerprint density at radius 2 is 2.06 bits per heavy atom. The topological polar surface area (TPSA) is 115 Å². The van der Waals surface area contributed by atoms with E-state index in [1.807, 2.05) is 6.07 Å². The van der Waals surface area contributed by atoms with Crippen molar-refractivity contribution in [1.29, 1.82) is 0 Å². The lowest BCUT2D eigenvalue weighted by atomic mass is 9.98. The molecule has 32 heavy (non-hydrogen) atoms. The molecule has 166 valence electrons. The third-order valence-electron chi connectivity index (χ3n) is 4.70. The number of anilines is 1. The summed E-state index contributed by atoms with van der Waals surface area (Å²) in [6.07, 6.45) is 5.28. The second-order valence-electron chi connectivity index (χ2n) is 7.45. The molecule has 0 aliphatic carbocycles. The van der Waals surface area contributed by atoms with Gasteiger partial charge in [-0.05, 0) is 42.1 Å². The number of hydrogen-bond acceptors (Lipinski definition) is 5. The van der Waals surface area contributed by atoms with E-state index in [1.54, 1.807) is 45.3 Å². The Hall–Kier alpha value is -3.74. The first-order chi connectivity index (χ1) is 15.0. The molecule has 0 radical (unpaired) electrons. The molecule has 2 aromatic carbocycles. The molecular formula is C23H23N3O5S. The third-order valence-corrected chi connectivity index (χ3v) is 5.29. The number of carbonyl (C=O) groups excluding carboxylic acids is 1. The number of ether oxygens (including phenoxy) is 1. The summed E-state index contributed by atoms with van der Waals surface area (Å²) in [5, 5.41) is 6.09. The van der Waals surface area contributed by atoms with Gasteiger partial charge in [0.1, 0.15) is 15.5 Å². The average Bonchev–Trinajstić information content (AvgIpc) is 2.69. The first-order valence-corrected chi connectivity index (χ1v) is 11.3. The summed E-state index contributed by atoms with van der Waals surface area (Å²) in [7, 11) is 0.163. The van der Waals surface area contributed by atoms with Gasteiger partial charge in [-0.15, -0.1) is 6.42 Å². The van der Waals surface area contributed by atoms with E-state index >= 15 is 0 Å². The minimum atomic E-state index is -2.93. The predicted molar refractivity (Wildman–Crippen MR) is 127 cm³/mol. The lowest BCUT2D eigenvalue weighted by Gasteiger charge is -2.14. The maximum Gasteiger partial charge on any atom is 0.414 e. The molecule has 1 amide bonds. The molecule has 0 bridgehead atoms. The van der Waals surface area contributed by atoms with Crippen molar-refractivity contribution in [3.8, 4) is 18.1 Å². The summed E-state index contributed by atoms with van der Waals surface area (Å²) in [6.45, 7) is 1.80. The Labute approximate surface area is 186 Å². The van der Waals surface area contributed by atoms with E-state index in [2.05, 4.69) is 16.5 Å². The lowest BCUT2D eigenvalue weighted by molar-refractivity contribution is 0.172. The summed E-state index contributed by atoms with van der Waals surface area (Å²) in [5.41, 5.74) is 2.53. The van der Waals surface area contributed by atoms with Crippen LogP contribution >= 0.6 is 0 Å². The largest absolute Gasteiger partial charge is 0.422 e. The maximum atomic E-state index is 12.8. The van der Waals surface area contributed by atoms with E-state index in [-0.39, 0.29) is 17.8 Å². The number of terminal acetylenes is 1. The lowest BCUT2D eigenvalue weighted by Crippen LogP contribution is -2.25. The Balaban J connectivity index is 2.05. The summed E-state index contributed by atoms with van der Waals surface area (Å²) >= 11 is 0. The SMILES string of the molecule is C#Cc1cc2c(C)c(Cc3cccc(NS(=C)(N)=O)c3)c(=O)oc2cc1OC(=O)N(C)C. The van der Waals surface area contributed by atoms with Crippen molar-refractivity contribution in [2.45, 2.75) is 13.3 Å². The molecular weight excluding hydrogens is 430 g/mol. The molecule has 0 fully saturated rings. The highest BCUT2D eigenvalue weighted by Gasteiger charge is 2.17. The quantitative estimate of drug-likeness (QED) is 0.350. The molecule has 0 aliphatic rings. The van der Waals surface area contributed by atoms with Gasteiger partial charge in [0.15, 0.2) is 5.75 Å². The third kappa shape index (κ3) is 5.11. The zero-order chi connectivity index (χ0) is 23.6. The number of benzene rings is 2. The molecule has 3 N–H and O–H groups in total. The maximum absolute atomic E-state index is 12.8. The van der Waals surface area contributed by atoms with E-state index in [4.69, 9.17) is 20.7 Å². The van der Waals surface area contributed by atoms with Crippen LogP contribution in [-0.4, -0.2) is 35.2 Å². The van der Waals surface area contributed by atoms with Crippen LogP contribution in [0, 0.1) is 19.3 Å². The number of rotatable bonds is 5. The molecule has 0 saturated carbocycles. The van der Waals surface area contributed by atoms with Crippen LogP contribution in [0.2, 0.25) is 0 Å². The molecule has 3 aromatic rings. The van der Waals surface area contributed by atoms with Gasteiger partial charge in [0, 0.05) is 43.2 Å². The van der Waals surface area contributed by atoms with Crippen LogP contribution in [0.15, 0.2) is 45.6 Å². The zero-order valence-corrected chi connectivity index (χ0v) is 18.7. The monoisotopic (exact) mass is 453 g/mol. The van der Waals surface area contributed by atoms with E-state index in [1.165, 1.54) is 11.0 Å². The fourth-order valence-corrected chi connectivity index (χ4v) is 3.68. The molecule has 0 aliphatic heterocycles. The minimum absolute atomic E-state index is 0.131. The second-order valence-corrected chi connectivity index (χ2v) is 9.11. The van der Waals surface area contributed by atoms with E-state index in [0.29, 0.717) is 27.8 Å². The summed E-state index contributed by atoms with van der Waals surface area (Å²) in [5.74, 6) is 6.01. The average molecular weight is 454 g/mol. The van der Waals surface area contributed by atoms with Crippen LogP contribution in [0.25, 0.3) is 11.0 Å². The van der Waals surface area contributed by atoms with Crippen LogP contribution < -0.4 is 20.2 Å². The van der Waals surface area contributed by atoms with Gasteiger partial charge in [-0.3, -0.25) is 0 Å². The van der Waals surface area contributed by atoms with Gasteiger partial charge in [0.05, 0.1) is 5.56 Å². The number of nitrogens with one attached hydrogen (secondary N) is 1. The highest BCUT2D eigenvalue weighted by molar-refractivity contribution is 7.99. The van der Waals surface area contributed by atoms with E-state index in [0.717, 1.165) is 5.56 Å². The Morgan fingerprint density at radius 3 is 2.69 bits per heavy atom. The van der Waals surface area contributed by atoms with E-state index < -0.39 is 21.6 Å². The number of nitrogens with zero attached hydrogens (tertiary/aromatic N) is 1. The fourth-order valence-electron chi connectivity index (χ4n) is 3.15. The van der Waals surface area contributed by atoms with Crippen LogP contribution in [0.3, 0.4) is 0 Å². The molecule has 1 unspecified atom stereocenters. The number of fused-ring (bicyclic) bond motifs is 1.